The lowest BCUT2D eigenvalue weighted by atomic mass is 9.77. The predicted octanol–water partition coefficient (Wildman–Crippen LogP) is 7.21. The first-order valence-corrected chi connectivity index (χ1v) is 11.5. The predicted molar refractivity (Wildman–Crippen MR) is 114 cm³/mol. The van der Waals surface area contributed by atoms with Gasteiger partial charge in [0.25, 0.3) is 0 Å². The van der Waals surface area contributed by atoms with E-state index in [1.165, 1.54) is 62.5 Å². The Kier molecular flexibility index (Phi) is 10.6. The van der Waals surface area contributed by atoms with Gasteiger partial charge in [-0.15, -0.1) is 0 Å². The third kappa shape index (κ3) is 8.49. The summed E-state index contributed by atoms with van der Waals surface area (Å²) in [5.74, 6) is 1.65. The highest BCUT2D eigenvalue weighted by molar-refractivity contribution is 5.69. The van der Waals surface area contributed by atoms with Crippen LogP contribution in [-0.2, 0) is 16.0 Å². The molecular weight excluding hydrogens is 332 g/mol. The molecule has 1 fully saturated rings. The summed E-state index contributed by atoms with van der Waals surface area (Å²) in [6, 6.07) is 9.02. The first kappa shape index (κ1) is 22.0. The molecule has 0 heterocycles. The van der Waals surface area contributed by atoms with E-state index in [-0.39, 0.29) is 5.97 Å². The maximum Gasteiger partial charge on any atom is 0.306 e. The van der Waals surface area contributed by atoms with Gasteiger partial charge in [-0.2, -0.15) is 0 Å². The fourth-order valence-corrected chi connectivity index (χ4v) is 4.28. The number of ether oxygens (including phenoxy) is 1. The van der Waals surface area contributed by atoms with Gasteiger partial charge in [0.2, 0.25) is 0 Å². The molecule has 0 aromatic heterocycles. The van der Waals surface area contributed by atoms with E-state index in [1.807, 2.05) is 0 Å². The molecule has 2 rings (SSSR count). The molecule has 0 amide bonds. The van der Waals surface area contributed by atoms with E-state index in [2.05, 4.69) is 38.1 Å². The van der Waals surface area contributed by atoms with Crippen molar-refractivity contribution in [2.45, 2.75) is 103 Å². The monoisotopic (exact) mass is 372 g/mol. The number of carbonyl (C=O) groups excluding carboxylic acids is 1. The van der Waals surface area contributed by atoms with Crippen LogP contribution < -0.4 is 0 Å². The minimum absolute atomic E-state index is 0.0587. The van der Waals surface area contributed by atoms with Crippen LogP contribution in [0, 0.1) is 5.92 Å². The van der Waals surface area contributed by atoms with Crippen molar-refractivity contribution in [1.29, 1.82) is 0 Å². The summed E-state index contributed by atoms with van der Waals surface area (Å²) in [5, 5.41) is 0. The van der Waals surface area contributed by atoms with Crippen molar-refractivity contribution in [3.63, 3.8) is 0 Å². The van der Waals surface area contributed by atoms with E-state index in [0.717, 1.165) is 37.5 Å². The lowest BCUT2D eigenvalue weighted by Crippen LogP contribution is -2.13. The molecule has 0 atom stereocenters. The number of benzene rings is 1. The fraction of sp³-hybridized carbons (Fsp3) is 0.720. The van der Waals surface area contributed by atoms with Crippen molar-refractivity contribution in [3.05, 3.63) is 35.4 Å². The maximum absolute atomic E-state index is 11.8. The van der Waals surface area contributed by atoms with E-state index in [1.54, 1.807) is 0 Å². The fourth-order valence-electron chi connectivity index (χ4n) is 4.28. The Morgan fingerprint density at radius 1 is 0.926 bits per heavy atom. The van der Waals surface area contributed by atoms with Gasteiger partial charge in [0.1, 0.15) is 0 Å². The Labute approximate surface area is 167 Å². The summed E-state index contributed by atoms with van der Waals surface area (Å²) < 4.78 is 5.29. The van der Waals surface area contributed by atoms with Crippen molar-refractivity contribution >= 4 is 5.97 Å². The van der Waals surface area contributed by atoms with E-state index < -0.39 is 0 Å². The molecule has 1 aliphatic rings. The Morgan fingerprint density at radius 2 is 1.59 bits per heavy atom. The molecule has 0 radical (unpaired) electrons. The minimum atomic E-state index is -0.0587. The summed E-state index contributed by atoms with van der Waals surface area (Å²) in [6.45, 7) is 5.02. The summed E-state index contributed by atoms with van der Waals surface area (Å²) in [5.41, 5.74) is 2.74. The van der Waals surface area contributed by atoms with Gasteiger partial charge in [-0.05, 0) is 61.5 Å². The molecule has 1 aromatic carbocycles. The van der Waals surface area contributed by atoms with Gasteiger partial charge in [-0.3, -0.25) is 4.79 Å². The van der Waals surface area contributed by atoms with Crippen LogP contribution >= 0.6 is 0 Å². The summed E-state index contributed by atoms with van der Waals surface area (Å²) in [4.78, 5) is 11.8. The largest absolute Gasteiger partial charge is 0.466 e. The number of rotatable bonds is 12. The van der Waals surface area contributed by atoms with Gasteiger partial charge in [0.05, 0.1) is 6.61 Å². The lowest BCUT2D eigenvalue weighted by molar-refractivity contribution is -0.143. The zero-order chi connectivity index (χ0) is 19.3. The minimum Gasteiger partial charge on any atom is -0.466 e. The zero-order valence-corrected chi connectivity index (χ0v) is 17.7. The zero-order valence-electron chi connectivity index (χ0n) is 17.7. The van der Waals surface area contributed by atoms with Crippen molar-refractivity contribution in [2.24, 2.45) is 5.92 Å². The standard InChI is InChI=1S/C25H40O2/c1-3-5-7-9-21-10-15-23(16-11-21)24-17-12-22(13-18-24)14-19-25(26)27-20-8-6-4-2/h12-13,17-18,21,23H,3-11,14-16,19-20H2,1-2H3/t21-,23-. The third-order valence-corrected chi connectivity index (χ3v) is 6.14. The van der Waals surface area contributed by atoms with E-state index in [4.69, 9.17) is 4.74 Å². The molecule has 2 nitrogen and oxygen atoms in total. The molecule has 1 saturated carbocycles. The van der Waals surface area contributed by atoms with Gasteiger partial charge in [0, 0.05) is 6.42 Å². The number of hydrogen-bond acceptors (Lipinski definition) is 2. The van der Waals surface area contributed by atoms with E-state index in [9.17, 15) is 4.79 Å². The van der Waals surface area contributed by atoms with Crippen LogP contribution in [0.15, 0.2) is 24.3 Å². The summed E-state index contributed by atoms with van der Waals surface area (Å²) in [6.07, 6.45) is 15.6. The number of hydrogen-bond donors (Lipinski definition) is 0. The van der Waals surface area contributed by atoms with Gasteiger partial charge in [-0.25, -0.2) is 0 Å². The van der Waals surface area contributed by atoms with Crippen molar-refractivity contribution in [2.75, 3.05) is 6.61 Å². The van der Waals surface area contributed by atoms with Crippen LogP contribution in [0.3, 0.4) is 0 Å². The molecule has 0 unspecified atom stereocenters. The molecule has 2 heteroatoms. The third-order valence-electron chi connectivity index (χ3n) is 6.14. The summed E-state index contributed by atoms with van der Waals surface area (Å²) in [7, 11) is 0. The molecule has 0 spiro atoms. The molecule has 0 bridgehead atoms. The normalized spacial score (nSPS) is 19.8. The second-order valence-corrected chi connectivity index (χ2v) is 8.38. The van der Waals surface area contributed by atoms with Crippen LogP contribution in [0.4, 0.5) is 0 Å². The van der Waals surface area contributed by atoms with E-state index in [0.29, 0.717) is 13.0 Å². The molecule has 27 heavy (non-hydrogen) atoms. The van der Waals surface area contributed by atoms with Crippen LogP contribution in [0.25, 0.3) is 0 Å². The van der Waals surface area contributed by atoms with Crippen molar-refractivity contribution < 1.29 is 9.53 Å². The van der Waals surface area contributed by atoms with E-state index >= 15 is 0 Å². The molecular formula is C25H40O2. The van der Waals surface area contributed by atoms with Gasteiger partial charge >= 0.3 is 5.97 Å². The van der Waals surface area contributed by atoms with Gasteiger partial charge < -0.3 is 4.74 Å². The van der Waals surface area contributed by atoms with Gasteiger partial charge in [0.15, 0.2) is 0 Å². The second kappa shape index (κ2) is 13.0. The van der Waals surface area contributed by atoms with Crippen LogP contribution in [0.2, 0.25) is 0 Å². The number of esters is 1. The molecule has 152 valence electrons. The van der Waals surface area contributed by atoms with Crippen LogP contribution in [0.1, 0.15) is 108 Å². The maximum atomic E-state index is 11.8. The quantitative estimate of drug-likeness (QED) is 0.286. The SMILES string of the molecule is CCCCCOC(=O)CCc1ccc([C@H]2CC[C@H](CCCCC)CC2)cc1. The highest BCUT2D eigenvalue weighted by Gasteiger charge is 2.21. The van der Waals surface area contributed by atoms with Crippen molar-refractivity contribution in [3.8, 4) is 0 Å². The Balaban J connectivity index is 1.67. The Bertz CT molecular complexity index is 512. The average Bonchev–Trinajstić information content (AvgIpc) is 2.71. The van der Waals surface area contributed by atoms with Crippen LogP contribution in [-0.4, -0.2) is 12.6 Å². The lowest BCUT2D eigenvalue weighted by Gasteiger charge is -2.29. The molecule has 0 N–H and O–H groups in total. The van der Waals surface area contributed by atoms with Crippen molar-refractivity contribution in [1.82, 2.24) is 0 Å². The Hall–Kier alpha value is -1.31. The average molecular weight is 373 g/mol. The number of aryl methyl sites for hydroxylation is 1. The highest BCUT2D eigenvalue weighted by atomic mass is 16.5. The summed E-state index contributed by atoms with van der Waals surface area (Å²) >= 11 is 0. The molecule has 0 saturated heterocycles. The molecule has 0 aliphatic heterocycles. The first-order valence-electron chi connectivity index (χ1n) is 11.5. The molecule has 1 aromatic rings. The topological polar surface area (TPSA) is 26.3 Å². The highest BCUT2D eigenvalue weighted by Crippen LogP contribution is 2.37. The molecule has 1 aliphatic carbocycles. The second-order valence-electron chi connectivity index (χ2n) is 8.38. The smallest absolute Gasteiger partial charge is 0.306 e. The number of unbranched alkanes of at least 4 members (excludes halogenated alkanes) is 4. The first-order chi connectivity index (χ1) is 13.2. The van der Waals surface area contributed by atoms with Crippen LogP contribution in [0.5, 0.6) is 0 Å². The number of carbonyl (C=O) groups is 1. The van der Waals surface area contributed by atoms with Gasteiger partial charge in [-0.1, -0.05) is 76.6 Å². The Morgan fingerprint density at radius 3 is 2.26 bits per heavy atom.